The number of nitrogens with one attached hydrogen (secondary N) is 4. The second-order valence-corrected chi connectivity index (χ2v) is 15.6. The minimum atomic E-state index is -0.389. The van der Waals surface area contributed by atoms with Crippen LogP contribution in [0.2, 0.25) is 0 Å². The van der Waals surface area contributed by atoms with Crippen molar-refractivity contribution in [1.82, 2.24) is 31.1 Å². The molecule has 15 nitrogen and oxygen atoms in total. The van der Waals surface area contributed by atoms with Gasteiger partial charge in [-0.05, 0) is 88.0 Å². The smallest absolute Gasteiger partial charge is 0.253 e. The van der Waals surface area contributed by atoms with Crippen LogP contribution in [-0.4, -0.2) is 109 Å². The van der Waals surface area contributed by atoms with Crippen LogP contribution in [-0.2, 0) is 73.8 Å². The zero-order chi connectivity index (χ0) is 37.2. The highest BCUT2D eigenvalue weighted by atomic mass is 32.7. The summed E-state index contributed by atoms with van der Waals surface area (Å²) < 4.78 is 0. The molecule has 0 bridgehead atoms. The lowest BCUT2D eigenvalue weighted by molar-refractivity contribution is -0.139. The molecule has 0 saturated carbocycles. The van der Waals surface area contributed by atoms with E-state index in [4.69, 9.17) is 17.5 Å². The maximum atomic E-state index is 11.7. The van der Waals surface area contributed by atoms with Gasteiger partial charge in [0, 0.05) is 77.4 Å². The second-order valence-electron chi connectivity index (χ2n) is 10.2. The molecule has 2 aliphatic rings. The number of amides is 7. The number of nitrogens with zero attached hydrogens (tertiary/aromatic N) is 2. The standard InChI is InChI=1S/C14H22N4O4.C14H20N3O4PS.3CH4.P2S2/c1-16-10(14(15)22)4-2-3-8-17-11(19)7-9-18-12(20)5-6-13(18)21;1-15-10(14(21)22-23)4-2-3-8-16-11(18)7-9-17-12(19)5-6-13(17)20;;;;3-1-2-4/h5-6,10,16H,2-4,7-9H2,1H3,(H2,15,22)(H,17,19);5-6,10,15H,2-4,7-9H2,1H3,(H,16,18);3*1H4;. The minimum Gasteiger partial charge on any atom is -0.368 e. The fraction of sp³-hybridized carbons (Fsp3) is 0.613. The molecule has 0 spiro atoms. The van der Waals surface area contributed by atoms with E-state index in [1.807, 2.05) is 0 Å². The average molecular weight is 842 g/mol. The number of imide groups is 2. The quantitative estimate of drug-likeness (QED) is 0.0602. The molecule has 0 aromatic rings. The van der Waals surface area contributed by atoms with Gasteiger partial charge in [-0.2, -0.15) is 0 Å². The number of carbonyl (C=O) groups is 8. The first-order valence-electron chi connectivity index (χ1n) is 15.1. The molecule has 6 N–H and O–H groups in total. The Morgan fingerprint density at radius 1 is 0.654 bits per heavy atom. The first kappa shape index (κ1) is 56.1. The van der Waals surface area contributed by atoms with Gasteiger partial charge < -0.3 is 27.0 Å². The van der Waals surface area contributed by atoms with Gasteiger partial charge >= 0.3 is 0 Å². The van der Waals surface area contributed by atoms with Crippen molar-refractivity contribution in [3.05, 3.63) is 24.3 Å². The molecule has 21 heteroatoms. The highest BCUT2D eigenvalue weighted by Crippen LogP contribution is 2.10. The molecule has 0 radical (unpaired) electrons. The first-order chi connectivity index (χ1) is 23.4. The summed E-state index contributed by atoms with van der Waals surface area (Å²) in [7, 11) is 5.47. The summed E-state index contributed by atoms with van der Waals surface area (Å²) in [4.78, 5) is 93.0. The van der Waals surface area contributed by atoms with Crippen molar-refractivity contribution in [1.29, 1.82) is 0 Å². The van der Waals surface area contributed by atoms with E-state index in [0.717, 1.165) is 49.6 Å². The lowest BCUT2D eigenvalue weighted by Crippen LogP contribution is -2.39. The predicted molar refractivity (Wildman–Crippen MR) is 218 cm³/mol. The predicted octanol–water partition coefficient (Wildman–Crippen LogP) is 2.40. The van der Waals surface area contributed by atoms with Crippen LogP contribution >= 0.6 is 21.4 Å². The molecule has 0 saturated heterocycles. The molecule has 2 aliphatic heterocycles. The molecule has 2 atom stereocenters. The van der Waals surface area contributed by atoms with Crippen LogP contribution < -0.4 is 27.0 Å². The molecule has 0 aromatic carbocycles. The van der Waals surface area contributed by atoms with Gasteiger partial charge in [0.05, 0.1) is 19.4 Å². The molecule has 0 aromatic heterocycles. The number of hydrogen-bond acceptors (Lipinski definition) is 13. The summed E-state index contributed by atoms with van der Waals surface area (Å²) in [5.41, 5.74) is 5.18. The lowest BCUT2D eigenvalue weighted by Gasteiger charge is -2.14. The number of primary amides is 1. The van der Waals surface area contributed by atoms with Crippen molar-refractivity contribution in [2.45, 2.75) is 85.7 Å². The van der Waals surface area contributed by atoms with E-state index in [-0.39, 0.29) is 107 Å². The summed E-state index contributed by atoms with van der Waals surface area (Å²) in [5, 5.41) is 11.2. The Bertz CT molecular complexity index is 1250. The highest BCUT2D eigenvalue weighted by Gasteiger charge is 2.24. The van der Waals surface area contributed by atoms with Crippen LogP contribution in [0.1, 0.15) is 73.6 Å². The minimum absolute atomic E-state index is 0. The number of rotatable bonds is 22. The van der Waals surface area contributed by atoms with Gasteiger partial charge in [-0.1, -0.05) is 22.3 Å². The zero-order valence-corrected chi connectivity index (χ0v) is 32.4. The Morgan fingerprint density at radius 3 is 1.29 bits per heavy atom. The van der Waals surface area contributed by atoms with E-state index >= 15 is 0 Å². The van der Waals surface area contributed by atoms with Gasteiger partial charge in [0.2, 0.25) is 23.2 Å². The van der Waals surface area contributed by atoms with Gasteiger partial charge in [0.15, 0.2) is 0 Å². The van der Waals surface area contributed by atoms with Crippen LogP contribution in [0.15, 0.2) is 24.3 Å². The fourth-order valence-electron chi connectivity index (χ4n) is 4.19. The number of hydrogen-bond donors (Lipinski definition) is 5. The topological polar surface area (TPSA) is 217 Å². The second kappa shape index (κ2) is 34.1. The van der Waals surface area contributed by atoms with Crippen molar-refractivity contribution < 1.29 is 38.4 Å². The number of unbranched alkanes of at least 4 members (excludes halogenated alkanes) is 2. The normalized spacial score (nSPS) is 13.9. The zero-order valence-electron chi connectivity index (χ0n) is 27.3. The van der Waals surface area contributed by atoms with E-state index in [9.17, 15) is 38.4 Å². The van der Waals surface area contributed by atoms with Gasteiger partial charge in [0.1, 0.15) is 0 Å². The molecular weight excluding hydrogens is 788 g/mol. The monoisotopic (exact) mass is 841 g/mol. The Hall–Kier alpha value is -2.68. The lowest BCUT2D eigenvalue weighted by atomic mass is 10.1. The Morgan fingerprint density at radius 2 is 1.00 bits per heavy atom. The molecule has 0 fully saturated rings. The van der Waals surface area contributed by atoms with E-state index < -0.39 is 0 Å². The Labute approximate surface area is 327 Å². The highest BCUT2D eigenvalue weighted by molar-refractivity contribution is 8.40. The molecule has 52 heavy (non-hydrogen) atoms. The van der Waals surface area contributed by atoms with Crippen LogP contribution in [0.3, 0.4) is 0 Å². The molecular formula is C31H54N7O8P3S3. The van der Waals surface area contributed by atoms with Gasteiger partial charge in [-0.25, -0.2) is 0 Å². The van der Waals surface area contributed by atoms with E-state index in [2.05, 4.69) is 44.9 Å². The van der Waals surface area contributed by atoms with Gasteiger partial charge in [0.25, 0.3) is 23.6 Å². The van der Waals surface area contributed by atoms with E-state index in [0.29, 0.717) is 33.3 Å². The van der Waals surface area contributed by atoms with E-state index in [1.165, 1.54) is 24.3 Å². The fourth-order valence-corrected chi connectivity index (χ4v) is 4.96. The van der Waals surface area contributed by atoms with Crippen molar-refractivity contribution in [3.63, 3.8) is 0 Å². The molecule has 2 heterocycles. The number of nitrogens with two attached hydrogens (primary N) is 1. The Kier molecular flexibility index (Phi) is 36.8. The average Bonchev–Trinajstić information content (AvgIpc) is 3.59. The van der Waals surface area contributed by atoms with E-state index in [1.54, 1.807) is 14.1 Å². The molecule has 2 rings (SSSR count). The SMILES string of the molecule is C.C.C.CNC(CCCCNC(=O)CCN1C(=O)C=CC1=O)C(=O)P=S.CNC(CCCCNC(=O)CCN1C(=O)C=CC1=O)C(N)=O.S=PP=S. The van der Waals surface area contributed by atoms with Crippen LogP contribution in [0.5, 0.6) is 0 Å². The third-order valence-corrected chi connectivity index (χ3v) is 10.6. The third-order valence-electron chi connectivity index (χ3n) is 6.87. The molecule has 294 valence electrons. The summed E-state index contributed by atoms with van der Waals surface area (Å²) in [6.07, 6.45) is 9.25. The number of likely N-dealkylation sites (N-methyl/N-ethyl adjacent to an activating group) is 2. The van der Waals surface area contributed by atoms with Crippen molar-refractivity contribution in [2.24, 2.45) is 5.73 Å². The van der Waals surface area contributed by atoms with Crippen LogP contribution in [0.4, 0.5) is 0 Å². The maximum absolute atomic E-state index is 11.7. The Balaban J connectivity index is -0.000000381. The number of carbonyl (C=O) groups excluding carboxylic acids is 8. The molecule has 0 aliphatic carbocycles. The summed E-state index contributed by atoms with van der Waals surface area (Å²) in [6.45, 7) is 1.15. The van der Waals surface area contributed by atoms with Crippen molar-refractivity contribution in [2.75, 3.05) is 40.3 Å². The van der Waals surface area contributed by atoms with Crippen LogP contribution in [0.25, 0.3) is 0 Å². The van der Waals surface area contributed by atoms with Gasteiger partial charge in [-0.3, -0.25) is 48.2 Å². The summed E-state index contributed by atoms with van der Waals surface area (Å²) in [5.74, 6) is -2.35. The molecule has 7 amide bonds. The van der Waals surface area contributed by atoms with Crippen molar-refractivity contribution in [3.8, 4) is 0 Å². The van der Waals surface area contributed by atoms with Crippen LogP contribution in [0, 0.1) is 0 Å². The first-order valence-corrected chi connectivity index (χ1v) is 21.6. The summed E-state index contributed by atoms with van der Waals surface area (Å²) in [6, 6.07) is -0.583. The summed E-state index contributed by atoms with van der Waals surface area (Å²) >= 11 is 13.5. The maximum Gasteiger partial charge on any atom is 0.253 e. The van der Waals surface area contributed by atoms with Gasteiger partial charge in [-0.15, -0.1) is 0 Å². The van der Waals surface area contributed by atoms with Crippen molar-refractivity contribution >= 4 is 104 Å². The third kappa shape index (κ3) is 24.5. The molecule has 2 unspecified atom stereocenters. The largest absolute Gasteiger partial charge is 0.368 e.